The Morgan fingerprint density at radius 3 is 2.52 bits per heavy atom. The second-order valence-electron chi connectivity index (χ2n) is 8.00. The highest BCUT2D eigenvalue weighted by Crippen LogP contribution is 2.35. The van der Waals surface area contributed by atoms with E-state index >= 15 is 0 Å². The van der Waals surface area contributed by atoms with Gasteiger partial charge in [-0.15, -0.1) is 0 Å². The van der Waals surface area contributed by atoms with Crippen LogP contribution in [0.4, 0.5) is 0 Å². The molecule has 0 N–H and O–H groups in total. The Hall–Kier alpha value is -1.78. The number of amides is 1. The summed E-state index contributed by atoms with van der Waals surface area (Å²) in [5, 5.41) is 0. The fourth-order valence-corrected chi connectivity index (χ4v) is 4.24. The molecule has 0 spiro atoms. The minimum Gasteiger partial charge on any atom is -0.486 e. The molecule has 4 rings (SSSR count). The van der Waals surface area contributed by atoms with Crippen LogP contribution in [0.3, 0.4) is 0 Å². The summed E-state index contributed by atoms with van der Waals surface area (Å²) in [6, 6.07) is 3.93. The number of carbonyl (C=O) groups is 1. The lowest BCUT2D eigenvalue weighted by atomic mass is 10.0. The zero-order valence-corrected chi connectivity index (χ0v) is 15.1. The van der Waals surface area contributed by atoms with Crippen LogP contribution in [-0.4, -0.2) is 34.6 Å². The molecular weight excluding hydrogens is 316 g/mol. The first kappa shape index (κ1) is 16.7. The van der Waals surface area contributed by atoms with E-state index in [-0.39, 0.29) is 17.6 Å². The molecule has 136 valence electrons. The highest BCUT2D eigenvalue weighted by atomic mass is 16.5. The van der Waals surface area contributed by atoms with Gasteiger partial charge in [0.1, 0.15) is 11.9 Å². The third-order valence-electron chi connectivity index (χ3n) is 5.89. The Bertz CT molecular complexity index is 695. The van der Waals surface area contributed by atoms with Crippen molar-refractivity contribution in [2.45, 2.75) is 70.4 Å². The van der Waals surface area contributed by atoms with Gasteiger partial charge in [0.05, 0.1) is 13.1 Å². The van der Waals surface area contributed by atoms with E-state index in [1.54, 1.807) is 6.07 Å². The SMILES string of the molecule is Cc1cc(OC2CN(C(=O)CCC3CCCC3)C2)cc(=O)n1C1CC1. The molecule has 0 unspecified atom stereocenters. The van der Waals surface area contributed by atoms with Gasteiger partial charge in [0.25, 0.3) is 5.56 Å². The lowest BCUT2D eigenvalue weighted by molar-refractivity contribution is -0.140. The van der Waals surface area contributed by atoms with E-state index in [2.05, 4.69) is 0 Å². The molecule has 1 saturated heterocycles. The first-order chi connectivity index (χ1) is 12.1. The minimum absolute atomic E-state index is 0.0194. The molecule has 1 amide bonds. The topological polar surface area (TPSA) is 51.5 Å². The van der Waals surface area contributed by atoms with E-state index in [1.807, 2.05) is 22.5 Å². The van der Waals surface area contributed by atoms with Crippen LogP contribution in [0.15, 0.2) is 16.9 Å². The standard InChI is InChI=1S/C20H28N2O3/c1-14-10-17(11-20(24)22(14)16-7-8-16)25-18-12-21(13-18)19(23)9-6-15-4-2-3-5-15/h10-11,15-16,18H,2-9,12-13H2,1H3. The quantitative estimate of drug-likeness (QED) is 0.797. The Labute approximate surface area is 149 Å². The van der Waals surface area contributed by atoms with E-state index in [0.29, 0.717) is 31.3 Å². The molecule has 0 atom stereocenters. The van der Waals surface area contributed by atoms with Crippen LogP contribution in [0.25, 0.3) is 0 Å². The first-order valence-corrected chi connectivity index (χ1v) is 9.78. The largest absolute Gasteiger partial charge is 0.486 e. The predicted molar refractivity (Wildman–Crippen MR) is 95.9 cm³/mol. The molecule has 1 aromatic rings. The molecule has 1 aromatic heterocycles. The van der Waals surface area contributed by atoms with Crippen molar-refractivity contribution in [2.24, 2.45) is 5.92 Å². The molecule has 25 heavy (non-hydrogen) atoms. The maximum absolute atomic E-state index is 12.2. The molecule has 5 heteroatoms. The van der Waals surface area contributed by atoms with E-state index in [4.69, 9.17) is 4.74 Å². The summed E-state index contributed by atoms with van der Waals surface area (Å²) in [4.78, 5) is 26.4. The second kappa shape index (κ2) is 6.85. The maximum atomic E-state index is 12.2. The molecular formula is C20H28N2O3. The van der Waals surface area contributed by atoms with Gasteiger partial charge >= 0.3 is 0 Å². The molecule has 2 saturated carbocycles. The summed E-state index contributed by atoms with van der Waals surface area (Å²) >= 11 is 0. The molecule has 0 aromatic carbocycles. The van der Waals surface area contributed by atoms with E-state index in [9.17, 15) is 9.59 Å². The number of hydrogen-bond acceptors (Lipinski definition) is 3. The van der Waals surface area contributed by atoms with Gasteiger partial charge < -0.3 is 14.2 Å². The van der Waals surface area contributed by atoms with Crippen molar-refractivity contribution in [1.82, 2.24) is 9.47 Å². The van der Waals surface area contributed by atoms with Gasteiger partial charge in [-0.3, -0.25) is 9.59 Å². The predicted octanol–water partition coefficient (Wildman–Crippen LogP) is 3.05. The third kappa shape index (κ3) is 3.75. The van der Waals surface area contributed by atoms with Gasteiger partial charge in [0, 0.05) is 24.2 Å². The van der Waals surface area contributed by atoms with Crippen molar-refractivity contribution in [3.63, 3.8) is 0 Å². The van der Waals surface area contributed by atoms with Gasteiger partial charge in [-0.05, 0) is 38.2 Å². The smallest absolute Gasteiger partial charge is 0.254 e. The van der Waals surface area contributed by atoms with Gasteiger partial charge in [-0.1, -0.05) is 25.7 Å². The third-order valence-corrected chi connectivity index (χ3v) is 5.89. The number of carbonyl (C=O) groups excluding carboxylic acids is 1. The summed E-state index contributed by atoms with van der Waals surface area (Å²) in [6.45, 7) is 3.26. The molecule has 0 bridgehead atoms. The van der Waals surface area contributed by atoms with Crippen LogP contribution >= 0.6 is 0 Å². The van der Waals surface area contributed by atoms with Gasteiger partial charge in [-0.2, -0.15) is 0 Å². The van der Waals surface area contributed by atoms with Gasteiger partial charge in [0.15, 0.2) is 0 Å². The molecule has 5 nitrogen and oxygen atoms in total. The Morgan fingerprint density at radius 2 is 1.88 bits per heavy atom. The monoisotopic (exact) mass is 344 g/mol. The normalized spacial score (nSPS) is 21.4. The van der Waals surface area contributed by atoms with Crippen molar-refractivity contribution < 1.29 is 9.53 Å². The number of rotatable bonds is 6. The summed E-state index contributed by atoms with van der Waals surface area (Å²) in [6.07, 6.45) is 9.19. The fraction of sp³-hybridized carbons (Fsp3) is 0.700. The van der Waals surface area contributed by atoms with Crippen molar-refractivity contribution >= 4 is 5.91 Å². The van der Waals surface area contributed by atoms with E-state index in [1.165, 1.54) is 25.7 Å². The minimum atomic E-state index is 0.0194. The number of aryl methyl sites for hydroxylation is 1. The summed E-state index contributed by atoms with van der Waals surface area (Å²) in [7, 11) is 0. The van der Waals surface area contributed by atoms with Crippen LogP contribution in [0.5, 0.6) is 5.75 Å². The van der Waals surface area contributed by atoms with Crippen LogP contribution < -0.4 is 10.3 Å². The zero-order chi connectivity index (χ0) is 17.4. The number of pyridine rings is 1. The molecule has 1 aliphatic heterocycles. The lowest BCUT2D eigenvalue weighted by Crippen LogP contribution is -2.56. The molecule has 2 aliphatic carbocycles. The zero-order valence-electron chi connectivity index (χ0n) is 15.1. The van der Waals surface area contributed by atoms with Crippen LogP contribution in [-0.2, 0) is 4.79 Å². The number of aromatic nitrogens is 1. The molecule has 2 heterocycles. The molecule has 3 aliphatic rings. The second-order valence-corrected chi connectivity index (χ2v) is 8.00. The average Bonchev–Trinajstić information content (AvgIpc) is 3.21. The highest BCUT2D eigenvalue weighted by molar-refractivity contribution is 5.77. The number of nitrogens with zero attached hydrogens (tertiary/aromatic N) is 2. The van der Waals surface area contributed by atoms with Gasteiger partial charge in [0.2, 0.25) is 5.91 Å². The van der Waals surface area contributed by atoms with E-state index in [0.717, 1.165) is 30.9 Å². The van der Waals surface area contributed by atoms with Crippen molar-refractivity contribution in [1.29, 1.82) is 0 Å². The Balaban J connectivity index is 1.25. The first-order valence-electron chi connectivity index (χ1n) is 9.78. The number of ether oxygens (including phenoxy) is 1. The van der Waals surface area contributed by atoms with Crippen molar-refractivity contribution in [2.75, 3.05) is 13.1 Å². The van der Waals surface area contributed by atoms with E-state index < -0.39 is 0 Å². The molecule has 0 radical (unpaired) electrons. The van der Waals surface area contributed by atoms with Crippen LogP contribution in [0.2, 0.25) is 0 Å². The van der Waals surface area contributed by atoms with Gasteiger partial charge in [-0.25, -0.2) is 0 Å². The maximum Gasteiger partial charge on any atom is 0.254 e. The van der Waals surface area contributed by atoms with Crippen molar-refractivity contribution in [3.05, 3.63) is 28.2 Å². The Morgan fingerprint density at radius 1 is 1.16 bits per heavy atom. The van der Waals surface area contributed by atoms with Crippen LogP contribution in [0, 0.1) is 12.8 Å². The Kier molecular flexibility index (Phi) is 4.57. The summed E-state index contributed by atoms with van der Waals surface area (Å²) in [5.41, 5.74) is 0.995. The average molecular weight is 344 g/mol. The van der Waals surface area contributed by atoms with Crippen molar-refractivity contribution in [3.8, 4) is 5.75 Å². The number of hydrogen-bond donors (Lipinski definition) is 0. The summed E-state index contributed by atoms with van der Waals surface area (Å²) < 4.78 is 7.79. The lowest BCUT2D eigenvalue weighted by Gasteiger charge is -2.39. The highest BCUT2D eigenvalue weighted by Gasteiger charge is 2.33. The molecule has 3 fully saturated rings. The van der Waals surface area contributed by atoms with Crippen LogP contribution in [0.1, 0.15) is 63.1 Å². The fourth-order valence-electron chi connectivity index (χ4n) is 4.24. The number of likely N-dealkylation sites (tertiary alicyclic amines) is 1. The summed E-state index contributed by atoms with van der Waals surface area (Å²) in [5.74, 6) is 1.66.